The van der Waals surface area contributed by atoms with Crippen LogP contribution in [-0.4, -0.2) is 0 Å². The van der Waals surface area contributed by atoms with Gasteiger partial charge in [-0.1, -0.05) is 57.0 Å². The highest BCUT2D eigenvalue weighted by Gasteiger charge is 2.03. The third-order valence-electron chi connectivity index (χ3n) is 2.71. The van der Waals surface area contributed by atoms with Crippen LogP contribution >= 0.6 is 31.9 Å². The van der Waals surface area contributed by atoms with E-state index in [9.17, 15) is 0 Å². The molecule has 0 radical (unpaired) electrons. The van der Waals surface area contributed by atoms with Crippen LogP contribution in [0.4, 0.5) is 0 Å². The standard InChI is InChI=1S/C15H14Br2O/c1-2-11-4-3-5-13(8-11)18-14-7-6-12(10-16)15(17)9-14/h3-9H,2,10H2,1H3. The molecule has 2 aromatic rings. The topological polar surface area (TPSA) is 9.23 Å². The smallest absolute Gasteiger partial charge is 0.128 e. The minimum absolute atomic E-state index is 0.833. The Bertz CT molecular complexity index is 538. The van der Waals surface area contributed by atoms with Crippen molar-refractivity contribution in [1.29, 1.82) is 0 Å². The van der Waals surface area contributed by atoms with Gasteiger partial charge in [-0.15, -0.1) is 0 Å². The van der Waals surface area contributed by atoms with Crippen molar-refractivity contribution >= 4 is 31.9 Å². The zero-order valence-corrected chi connectivity index (χ0v) is 13.3. The molecule has 0 bridgehead atoms. The Hall–Kier alpha value is -0.800. The van der Waals surface area contributed by atoms with Gasteiger partial charge in [0.1, 0.15) is 11.5 Å². The molecule has 0 aliphatic heterocycles. The van der Waals surface area contributed by atoms with Crippen LogP contribution in [0.5, 0.6) is 11.5 Å². The normalized spacial score (nSPS) is 10.4. The van der Waals surface area contributed by atoms with Gasteiger partial charge in [0.2, 0.25) is 0 Å². The molecule has 0 aromatic heterocycles. The number of alkyl halides is 1. The third-order valence-corrected chi connectivity index (χ3v) is 4.05. The summed E-state index contributed by atoms with van der Waals surface area (Å²) in [5, 5.41) is 0.833. The SMILES string of the molecule is CCc1cccc(Oc2ccc(CBr)c(Br)c2)c1. The van der Waals surface area contributed by atoms with Gasteiger partial charge < -0.3 is 4.74 Å². The lowest BCUT2D eigenvalue weighted by Gasteiger charge is -2.09. The number of rotatable bonds is 4. The molecule has 2 rings (SSSR count). The summed E-state index contributed by atoms with van der Waals surface area (Å²) in [5.74, 6) is 1.73. The fraction of sp³-hybridized carbons (Fsp3) is 0.200. The minimum atomic E-state index is 0.833. The molecule has 0 saturated carbocycles. The van der Waals surface area contributed by atoms with Crippen LogP contribution in [0.15, 0.2) is 46.9 Å². The first-order valence-electron chi connectivity index (χ1n) is 5.84. The maximum absolute atomic E-state index is 5.86. The molecule has 0 heterocycles. The maximum atomic E-state index is 5.86. The summed E-state index contributed by atoms with van der Waals surface area (Å²) in [5.41, 5.74) is 2.49. The maximum Gasteiger partial charge on any atom is 0.128 e. The van der Waals surface area contributed by atoms with Crippen molar-refractivity contribution in [2.24, 2.45) is 0 Å². The number of aryl methyl sites for hydroxylation is 1. The van der Waals surface area contributed by atoms with Gasteiger partial charge in [-0.25, -0.2) is 0 Å². The van der Waals surface area contributed by atoms with Crippen LogP contribution < -0.4 is 4.74 Å². The molecule has 0 saturated heterocycles. The summed E-state index contributed by atoms with van der Waals surface area (Å²) in [6.07, 6.45) is 1.02. The summed E-state index contributed by atoms with van der Waals surface area (Å²) in [4.78, 5) is 0. The summed E-state index contributed by atoms with van der Waals surface area (Å²) in [6, 6.07) is 14.2. The first-order chi connectivity index (χ1) is 8.72. The van der Waals surface area contributed by atoms with Gasteiger partial charge in [-0.2, -0.15) is 0 Å². The Morgan fingerprint density at radius 1 is 1.06 bits per heavy atom. The van der Waals surface area contributed by atoms with E-state index in [1.54, 1.807) is 0 Å². The molecular weight excluding hydrogens is 356 g/mol. The van der Waals surface area contributed by atoms with Crippen LogP contribution in [0.1, 0.15) is 18.1 Å². The van der Waals surface area contributed by atoms with Gasteiger partial charge in [-0.3, -0.25) is 0 Å². The number of hydrogen-bond acceptors (Lipinski definition) is 1. The van der Waals surface area contributed by atoms with Gasteiger partial charge in [-0.05, 0) is 41.8 Å². The highest BCUT2D eigenvalue weighted by Crippen LogP contribution is 2.28. The average molecular weight is 370 g/mol. The van der Waals surface area contributed by atoms with Gasteiger partial charge in [0.25, 0.3) is 0 Å². The van der Waals surface area contributed by atoms with E-state index in [2.05, 4.69) is 57.0 Å². The van der Waals surface area contributed by atoms with Gasteiger partial charge in [0.15, 0.2) is 0 Å². The van der Waals surface area contributed by atoms with Crippen molar-refractivity contribution in [2.45, 2.75) is 18.7 Å². The summed E-state index contributed by atoms with van der Waals surface area (Å²) < 4.78 is 6.91. The minimum Gasteiger partial charge on any atom is -0.457 e. The molecule has 0 unspecified atom stereocenters. The van der Waals surface area contributed by atoms with Gasteiger partial charge in [0.05, 0.1) is 0 Å². The van der Waals surface area contributed by atoms with Crippen LogP contribution in [0.25, 0.3) is 0 Å². The highest BCUT2D eigenvalue weighted by atomic mass is 79.9. The van der Waals surface area contributed by atoms with Crippen LogP contribution in [0.3, 0.4) is 0 Å². The average Bonchev–Trinajstić information content (AvgIpc) is 2.39. The lowest BCUT2D eigenvalue weighted by molar-refractivity contribution is 0.481. The molecule has 94 valence electrons. The Kier molecular flexibility index (Phi) is 4.84. The fourth-order valence-electron chi connectivity index (χ4n) is 1.66. The van der Waals surface area contributed by atoms with E-state index in [1.807, 2.05) is 24.3 Å². The lowest BCUT2D eigenvalue weighted by atomic mass is 10.2. The Morgan fingerprint density at radius 2 is 1.83 bits per heavy atom. The molecule has 0 atom stereocenters. The summed E-state index contributed by atoms with van der Waals surface area (Å²) in [7, 11) is 0. The van der Waals surface area contributed by atoms with E-state index in [4.69, 9.17) is 4.74 Å². The Morgan fingerprint density at radius 3 is 2.50 bits per heavy atom. The van der Waals surface area contributed by atoms with Crippen LogP contribution in [0.2, 0.25) is 0 Å². The molecular formula is C15H14Br2O. The summed E-state index contributed by atoms with van der Waals surface area (Å²) in [6.45, 7) is 2.14. The first-order valence-corrected chi connectivity index (χ1v) is 7.75. The number of hydrogen-bond donors (Lipinski definition) is 0. The van der Waals surface area contributed by atoms with Gasteiger partial charge >= 0.3 is 0 Å². The van der Waals surface area contributed by atoms with Crippen molar-refractivity contribution in [1.82, 2.24) is 0 Å². The largest absolute Gasteiger partial charge is 0.457 e. The van der Waals surface area contributed by atoms with E-state index < -0.39 is 0 Å². The molecule has 1 nitrogen and oxygen atoms in total. The molecule has 0 N–H and O–H groups in total. The number of halogens is 2. The molecule has 18 heavy (non-hydrogen) atoms. The second-order valence-electron chi connectivity index (χ2n) is 3.99. The highest BCUT2D eigenvalue weighted by molar-refractivity contribution is 9.10. The Labute approximate surface area is 124 Å². The third kappa shape index (κ3) is 3.36. The van der Waals surface area contributed by atoms with E-state index in [-0.39, 0.29) is 0 Å². The molecule has 0 aliphatic carbocycles. The van der Waals surface area contributed by atoms with Crippen LogP contribution in [-0.2, 0) is 11.8 Å². The van der Waals surface area contributed by atoms with Gasteiger partial charge in [0, 0.05) is 9.80 Å². The molecule has 0 aliphatic rings. The lowest BCUT2D eigenvalue weighted by Crippen LogP contribution is -1.88. The second kappa shape index (κ2) is 6.39. The van der Waals surface area contributed by atoms with E-state index in [0.717, 1.165) is 27.7 Å². The van der Waals surface area contributed by atoms with Crippen molar-refractivity contribution in [3.05, 3.63) is 58.1 Å². The molecule has 0 spiro atoms. The number of ether oxygens (including phenoxy) is 1. The molecule has 0 amide bonds. The van der Waals surface area contributed by atoms with E-state index in [0.29, 0.717) is 0 Å². The molecule has 3 heteroatoms. The predicted octanol–water partition coefficient (Wildman–Crippen LogP) is 5.70. The van der Waals surface area contributed by atoms with Crippen molar-refractivity contribution in [3.63, 3.8) is 0 Å². The first kappa shape index (κ1) is 13.6. The van der Waals surface area contributed by atoms with Crippen molar-refractivity contribution < 1.29 is 4.74 Å². The Balaban J connectivity index is 2.20. The number of benzene rings is 2. The predicted molar refractivity (Wildman–Crippen MR) is 82.7 cm³/mol. The van der Waals surface area contributed by atoms with Crippen molar-refractivity contribution in [3.8, 4) is 11.5 Å². The monoisotopic (exact) mass is 368 g/mol. The van der Waals surface area contributed by atoms with Crippen molar-refractivity contribution in [2.75, 3.05) is 0 Å². The second-order valence-corrected chi connectivity index (χ2v) is 5.40. The van der Waals surface area contributed by atoms with Crippen LogP contribution in [0, 0.1) is 0 Å². The van der Waals surface area contributed by atoms with E-state index >= 15 is 0 Å². The zero-order valence-electron chi connectivity index (χ0n) is 10.1. The van der Waals surface area contributed by atoms with E-state index in [1.165, 1.54) is 11.1 Å². The summed E-state index contributed by atoms with van der Waals surface area (Å²) >= 11 is 6.99. The quantitative estimate of drug-likeness (QED) is 0.628. The molecule has 0 fully saturated rings. The fourth-order valence-corrected chi connectivity index (χ4v) is 3.03. The molecule has 2 aromatic carbocycles. The zero-order chi connectivity index (χ0) is 13.0.